The fraction of sp³-hybridized carbons (Fsp3) is 0.263. The lowest BCUT2D eigenvalue weighted by Gasteiger charge is -2.12. The minimum Gasteiger partial charge on any atom is -0.391 e. The maximum absolute atomic E-state index is 12.7. The molecule has 23 heavy (non-hydrogen) atoms. The summed E-state index contributed by atoms with van der Waals surface area (Å²) < 4.78 is 0. The molecule has 0 amide bonds. The number of thiophene rings is 1. The highest BCUT2D eigenvalue weighted by atomic mass is 32.1. The molecule has 1 N–H and O–H groups in total. The third kappa shape index (κ3) is 3.49. The average molecular weight is 325 g/mol. The molecule has 2 heterocycles. The predicted octanol–water partition coefficient (Wildman–Crippen LogP) is 4.09. The topological polar surface area (TPSA) is 50.2 Å². The van der Waals surface area contributed by atoms with Gasteiger partial charge in [0.05, 0.1) is 12.5 Å². The number of carbonyl (C=O) groups excluding carboxylic acids is 1. The van der Waals surface area contributed by atoms with E-state index < -0.39 is 0 Å². The Morgan fingerprint density at radius 1 is 1.22 bits per heavy atom. The molecule has 3 nitrogen and oxygen atoms in total. The van der Waals surface area contributed by atoms with Crippen LogP contribution in [0.4, 0.5) is 0 Å². The van der Waals surface area contributed by atoms with Gasteiger partial charge in [-0.1, -0.05) is 25.1 Å². The van der Waals surface area contributed by atoms with E-state index in [2.05, 4.69) is 11.1 Å². The van der Waals surface area contributed by atoms with Crippen molar-refractivity contribution < 1.29 is 9.90 Å². The molecule has 0 spiro atoms. The Morgan fingerprint density at radius 3 is 2.83 bits per heavy atom. The normalized spacial score (nSPS) is 12.4. The Kier molecular flexibility index (Phi) is 4.84. The molecule has 0 fully saturated rings. The van der Waals surface area contributed by atoms with Gasteiger partial charge in [-0.2, -0.15) is 0 Å². The van der Waals surface area contributed by atoms with Crippen LogP contribution in [0.25, 0.3) is 10.8 Å². The van der Waals surface area contributed by atoms with Crippen molar-refractivity contribution in [2.45, 2.75) is 32.3 Å². The van der Waals surface area contributed by atoms with E-state index in [1.54, 1.807) is 6.20 Å². The van der Waals surface area contributed by atoms with E-state index in [0.717, 1.165) is 32.5 Å². The minimum absolute atomic E-state index is 0.0357. The van der Waals surface area contributed by atoms with Crippen LogP contribution in [0, 0.1) is 0 Å². The molecule has 4 heteroatoms. The van der Waals surface area contributed by atoms with E-state index in [1.165, 1.54) is 11.3 Å². The second kappa shape index (κ2) is 7.02. The third-order valence-corrected chi connectivity index (χ3v) is 5.25. The molecule has 3 rings (SSSR count). The molecule has 0 bridgehead atoms. The molecule has 1 aromatic carbocycles. The highest BCUT2D eigenvalue weighted by Gasteiger charge is 2.20. The summed E-state index contributed by atoms with van der Waals surface area (Å²) in [7, 11) is 0. The summed E-state index contributed by atoms with van der Waals surface area (Å²) in [5, 5.41) is 11.4. The molecule has 0 aliphatic heterocycles. The zero-order chi connectivity index (χ0) is 16.2. The van der Waals surface area contributed by atoms with Crippen LogP contribution in [0.2, 0.25) is 0 Å². The molecular weight excluding hydrogens is 306 g/mol. The Labute approximate surface area is 139 Å². The quantitative estimate of drug-likeness (QED) is 0.742. The Bertz CT molecular complexity index is 825. The molecule has 0 aliphatic carbocycles. The van der Waals surface area contributed by atoms with Gasteiger partial charge in [0.1, 0.15) is 5.78 Å². The number of benzene rings is 1. The number of ketones is 1. The van der Waals surface area contributed by atoms with Crippen LogP contribution in [0.5, 0.6) is 0 Å². The van der Waals surface area contributed by atoms with Crippen molar-refractivity contribution in [3.05, 3.63) is 64.1 Å². The fourth-order valence-electron chi connectivity index (χ4n) is 2.82. The molecule has 0 aliphatic rings. The Morgan fingerprint density at radius 2 is 2.09 bits per heavy atom. The van der Waals surface area contributed by atoms with Crippen molar-refractivity contribution in [1.82, 2.24) is 4.98 Å². The summed E-state index contributed by atoms with van der Waals surface area (Å²) in [4.78, 5) is 18.8. The second-order valence-corrected chi connectivity index (χ2v) is 6.82. The largest absolute Gasteiger partial charge is 0.391 e. The predicted molar refractivity (Wildman–Crippen MR) is 93.7 cm³/mol. The van der Waals surface area contributed by atoms with Gasteiger partial charge in [-0.25, -0.2) is 0 Å². The first-order chi connectivity index (χ1) is 11.2. The minimum atomic E-state index is -0.0894. The van der Waals surface area contributed by atoms with Gasteiger partial charge in [0, 0.05) is 34.0 Å². The number of hydrogen-bond donors (Lipinski definition) is 1. The summed E-state index contributed by atoms with van der Waals surface area (Å²) in [6, 6.07) is 11.9. The molecule has 118 valence electrons. The number of hydrogen-bond acceptors (Lipinski definition) is 4. The van der Waals surface area contributed by atoms with Crippen LogP contribution >= 0.6 is 11.3 Å². The summed E-state index contributed by atoms with van der Waals surface area (Å²) in [5.41, 5.74) is 1.03. The van der Waals surface area contributed by atoms with Gasteiger partial charge < -0.3 is 5.11 Å². The van der Waals surface area contributed by atoms with Crippen LogP contribution in [0.15, 0.2) is 48.8 Å². The van der Waals surface area contributed by atoms with E-state index in [-0.39, 0.29) is 18.3 Å². The lowest BCUT2D eigenvalue weighted by atomic mass is 9.93. The summed E-state index contributed by atoms with van der Waals surface area (Å²) >= 11 is 1.53. The van der Waals surface area contributed by atoms with Crippen LogP contribution in [0.3, 0.4) is 0 Å². The first-order valence-electron chi connectivity index (χ1n) is 7.76. The molecule has 0 saturated heterocycles. The number of aliphatic hydroxyl groups excluding tert-OH is 1. The lowest BCUT2D eigenvalue weighted by Crippen LogP contribution is -2.13. The van der Waals surface area contributed by atoms with Crippen molar-refractivity contribution in [3.63, 3.8) is 0 Å². The van der Waals surface area contributed by atoms with Gasteiger partial charge in [0.15, 0.2) is 0 Å². The highest BCUT2D eigenvalue weighted by Crippen LogP contribution is 2.29. The Balaban J connectivity index is 1.80. The molecule has 0 radical (unpaired) electrons. The molecular formula is C19H19NO2S. The summed E-state index contributed by atoms with van der Waals surface area (Å²) in [6.07, 6.45) is 4.81. The Hall–Kier alpha value is -2.04. The van der Waals surface area contributed by atoms with Crippen LogP contribution in [-0.2, 0) is 17.8 Å². The number of Topliss-reactive ketones (excluding diaryl/α,β-unsaturated/α-hetero) is 1. The van der Waals surface area contributed by atoms with Crippen LogP contribution in [0.1, 0.15) is 34.6 Å². The summed E-state index contributed by atoms with van der Waals surface area (Å²) in [5.74, 6) is 0.140. The average Bonchev–Trinajstić information content (AvgIpc) is 3.04. The monoisotopic (exact) mass is 325 g/mol. The molecule has 0 saturated carbocycles. The maximum atomic E-state index is 12.7. The smallest absolute Gasteiger partial charge is 0.145 e. The van der Waals surface area contributed by atoms with Gasteiger partial charge in [-0.05, 0) is 35.6 Å². The first kappa shape index (κ1) is 15.8. The van der Waals surface area contributed by atoms with Crippen molar-refractivity contribution in [1.29, 1.82) is 0 Å². The van der Waals surface area contributed by atoms with E-state index in [0.29, 0.717) is 6.42 Å². The van der Waals surface area contributed by atoms with Crippen LogP contribution in [-0.4, -0.2) is 15.9 Å². The van der Waals surface area contributed by atoms with Gasteiger partial charge in [0.2, 0.25) is 0 Å². The van der Waals surface area contributed by atoms with E-state index in [1.807, 2.05) is 43.5 Å². The molecule has 1 unspecified atom stereocenters. The second-order valence-electron chi connectivity index (χ2n) is 5.62. The van der Waals surface area contributed by atoms with Crippen molar-refractivity contribution in [2.24, 2.45) is 0 Å². The standard InChI is InChI=1S/C19H19NO2S/c1-2-17(19-6-5-16(12-21)23-19)18(22)10-13-3-4-15-11-20-8-7-14(15)9-13/h3-9,11,17,21H,2,10,12H2,1H3. The zero-order valence-electron chi connectivity index (χ0n) is 13.0. The number of pyridine rings is 1. The maximum Gasteiger partial charge on any atom is 0.145 e. The molecule has 2 aromatic heterocycles. The number of aromatic nitrogens is 1. The van der Waals surface area contributed by atoms with Gasteiger partial charge in [0.25, 0.3) is 0 Å². The fourth-order valence-corrected chi connectivity index (χ4v) is 3.90. The van der Waals surface area contributed by atoms with Crippen molar-refractivity contribution in [2.75, 3.05) is 0 Å². The number of carbonyl (C=O) groups is 1. The SMILES string of the molecule is CCC(C(=O)Cc1ccc2cnccc2c1)c1ccc(CO)s1. The molecule has 1 atom stereocenters. The summed E-state index contributed by atoms with van der Waals surface area (Å²) in [6.45, 7) is 2.07. The van der Waals surface area contributed by atoms with Gasteiger partial charge in [-0.3, -0.25) is 9.78 Å². The van der Waals surface area contributed by atoms with E-state index in [9.17, 15) is 9.90 Å². The van der Waals surface area contributed by atoms with Crippen LogP contribution < -0.4 is 0 Å². The first-order valence-corrected chi connectivity index (χ1v) is 8.57. The number of aliphatic hydroxyl groups is 1. The van der Waals surface area contributed by atoms with E-state index in [4.69, 9.17) is 0 Å². The van der Waals surface area contributed by atoms with E-state index >= 15 is 0 Å². The highest BCUT2D eigenvalue weighted by molar-refractivity contribution is 7.12. The number of fused-ring (bicyclic) bond motifs is 1. The zero-order valence-corrected chi connectivity index (χ0v) is 13.8. The molecule has 3 aromatic rings. The number of nitrogens with zero attached hydrogens (tertiary/aromatic N) is 1. The van der Waals surface area contributed by atoms with Crippen molar-refractivity contribution >= 4 is 27.9 Å². The van der Waals surface area contributed by atoms with Crippen molar-refractivity contribution in [3.8, 4) is 0 Å². The third-order valence-electron chi connectivity index (χ3n) is 4.06. The van der Waals surface area contributed by atoms with Gasteiger partial charge in [-0.15, -0.1) is 11.3 Å². The van der Waals surface area contributed by atoms with Gasteiger partial charge >= 0.3 is 0 Å². The number of rotatable bonds is 6. The lowest BCUT2D eigenvalue weighted by molar-refractivity contribution is -0.119.